The molecule has 0 aromatic rings. The van der Waals surface area contributed by atoms with E-state index < -0.39 is 29.9 Å². The first-order valence-corrected chi connectivity index (χ1v) is 10.2. The molecule has 0 N–H and O–H groups in total. The molecular formula is C20H28O7. The first kappa shape index (κ1) is 18.1. The van der Waals surface area contributed by atoms with Gasteiger partial charge in [-0.1, -0.05) is 6.58 Å². The molecule has 2 aliphatic carbocycles. The summed E-state index contributed by atoms with van der Waals surface area (Å²) in [4.78, 5) is 11.9. The molecule has 5 aliphatic rings. The van der Waals surface area contributed by atoms with Gasteiger partial charge in [-0.15, -0.1) is 0 Å². The van der Waals surface area contributed by atoms with E-state index in [1.165, 1.54) is 0 Å². The molecule has 2 spiro atoms. The highest BCUT2D eigenvalue weighted by Gasteiger charge is 2.64. The number of fused-ring (bicyclic) bond motifs is 3. The van der Waals surface area contributed by atoms with E-state index in [1.807, 2.05) is 0 Å². The Morgan fingerprint density at radius 2 is 1.48 bits per heavy atom. The van der Waals surface area contributed by atoms with Crippen molar-refractivity contribution in [1.82, 2.24) is 0 Å². The summed E-state index contributed by atoms with van der Waals surface area (Å²) in [6, 6.07) is 0. The van der Waals surface area contributed by atoms with E-state index in [0.717, 1.165) is 51.4 Å². The van der Waals surface area contributed by atoms with Crippen LogP contribution in [-0.2, 0) is 33.2 Å². The van der Waals surface area contributed by atoms with Crippen LogP contribution < -0.4 is 0 Å². The highest BCUT2D eigenvalue weighted by Crippen LogP contribution is 2.51. The fourth-order valence-electron chi connectivity index (χ4n) is 5.10. The van der Waals surface area contributed by atoms with Crippen LogP contribution in [0.1, 0.15) is 58.3 Å². The van der Waals surface area contributed by atoms with Gasteiger partial charge in [0, 0.05) is 31.3 Å². The summed E-state index contributed by atoms with van der Waals surface area (Å²) in [6.45, 7) is 5.35. The quantitative estimate of drug-likeness (QED) is 0.550. The van der Waals surface area contributed by atoms with Gasteiger partial charge in [0.15, 0.2) is 17.9 Å². The normalized spacial score (nSPS) is 41.0. The summed E-state index contributed by atoms with van der Waals surface area (Å²) in [5.41, 5.74) is 0.362. The lowest BCUT2D eigenvalue weighted by molar-refractivity contribution is -0.247. The molecule has 0 unspecified atom stereocenters. The first-order valence-electron chi connectivity index (χ1n) is 10.2. The van der Waals surface area contributed by atoms with Gasteiger partial charge >= 0.3 is 5.97 Å². The van der Waals surface area contributed by atoms with Crippen molar-refractivity contribution in [2.45, 2.75) is 101 Å². The molecule has 5 rings (SSSR count). The molecule has 150 valence electrons. The van der Waals surface area contributed by atoms with Crippen molar-refractivity contribution in [2.24, 2.45) is 0 Å². The molecule has 2 saturated carbocycles. The summed E-state index contributed by atoms with van der Waals surface area (Å²) < 4.78 is 37.0. The molecular weight excluding hydrogens is 352 g/mol. The number of carbonyl (C=O) groups excluding carboxylic acids is 1. The Bertz CT molecular complexity index is 620. The number of ether oxygens (including phenoxy) is 6. The van der Waals surface area contributed by atoms with Crippen LogP contribution in [-0.4, -0.2) is 54.9 Å². The SMILES string of the molecule is C=C(C)C(=O)OC[C@H]1O[C@H]2OC3(CCCC3)O[C@@H]2[C@H]2OC3(CCCC3)O[C@@H]21. The monoisotopic (exact) mass is 380 g/mol. The molecule has 7 nitrogen and oxygen atoms in total. The van der Waals surface area contributed by atoms with E-state index in [0.29, 0.717) is 5.57 Å². The maximum atomic E-state index is 11.9. The molecule has 5 atom stereocenters. The fourth-order valence-corrected chi connectivity index (χ4v) is 5.10. The van der Waals surface area contributed by atoms with Crippen molar-refractivity contribution in [3.63, 3.8) is 0 Å². The van der Waals surface area contributed by atoms with Crippen LogP contribution in [0.15, 0.2) is 12.2 Å². The first-order chi connectivity index (χ1) is 13.0. The smallest absolute Gasteiger partial charge is 0.333 e. The Morgan fingerprint density at radius 3 is 2.11 bits per heavy atom. The Labute approximate surface area is 159 Å². The fraction of sp³-hybridized carbons (Fsp3) is 0.850. The second kappa shape index (κ2) is 6.52. The lowest BCUT2D eigenvalue weighted by Gasteiger charge is -2.36. The van der Waals surface area contributed by atoms with Gasteiger partial charge < -0.3 is 28.4 Å². The van der Waals surface area contributed by atoms with E-state index in [-0.39, 0.29) is 24.9 Å². The zero-order valence-corrected chi connectivity index (χ0v) is 15.8. The second-order valence-electron chi connectivity index (χ2n) is 8.52. The number of rotatable bonds is 3. The minimum absolute atomic E-state index is 0.0892. The molecule has 0 aromatic carbocycles. The summed E-state index contributed by atoms with van der Waals surface area (Å²) >= 11 is 0. The zero-order chi connectivity index (χ0) is 18.6. The van der Waals surface area contributed by atoms with E-state index >= 15 is 0 Å². The van der Waals surface area contributed by atoms with Crippen molar-refractivity contribution in [1.29, 1.82) is 0 Å². The Hall–Kier alpha value is -0.990. The predicted octanol–water partition coefficient (Wildman–Crippen LogP) is 2.57. The minimum Gasteiger partial charge on any atom is -0.459 e. The van der Waals surface area contributed by atoms with Crippen molar-refractivity contribution >= 4 is 5.97 Å². The third-order valence-corrected chi connectivity index (χ3v) is 6.43. The lowest BCUT2D eigenvalue weighted by atomic mass is 9.99. The van der Waals surface area contributed by atoms with Crippen LogP contribution >= 0.6 is 0 Å². The average Bonchev–Trinajstić information content (AvgIpc) is 3.41. The molecule has 0 radical (unpaired) electrons. The van der Waals surface area contributed by atoms with E-state index in [9.17, 15) is 4.79 Å². The van der Waals surface area contributed by atoms with Gasteiger partial charge in [-0.05, 0) is 32.6 Å². The number of hydrogen-bond donors (Lipinski definition) is 0. The molecule has 3 saturated heterocycles. The Balaban J connectivity index is 1.37. The van der Waals surface area contributed by atoms with E-state index in [1.54, 1.807) is 6.92 Å². The third-order valence-electron chi connectivity index (χ3n) is 6.43. The molecule has 27 heavy (non-hydrogen) atoms. The lowest BCUT2D eigenvalue weighted by Crippen LogP contribution is -2.56. The van der Waals surface area contributed by atoms with Crippen molar-refractivity contribution in [2.75, 3.05) is 6.61 Å². The maximum absolute atomic E-state index is 11.9. The largest absolute Gasteiger partial charge is 0.459 e. The van der Waals surface area contributed by atoms with Gasteiger partial charge in [-0.25, -0.2) is 4.79 Å². The number of carbonyl (C=O) groups is 1. The van der Waals surface area contributed by atoms with E-state index in [2.05, 4.69) is 6.58 Å². The highest BCUT2D eigenvalue weighted by atomic mass is 16.9. The third kappa shape index (κ3) is 3.04. The van der Waals surface area contributed by atoms with Gasteiger partial charge in [-0.2, -0.15) is 0 Å². The van der Waals surface area contributed by atoms with Crippen LogP contribution in [0.2, 0.25) is 0 Å². The topological polar surface area (TPSA) is 72.5 Å². The molecule has 3 aliphatic heterocycles. The van der Waals surface area contributed by atoms with Gasteiger partial charge in [0.2, 0.25) is 0 Å². The van der Waals surface area contributed by atoms with Crippen LogP contribution in [0.4, 0.5) is 0 Å². The standard InChI is InChI=1S/C20H28O7/c1-12(2)17(21)22-11-13-14-15(25-19(24-14)7-3-4-8-19)16-18(23-13)27-20(26-16)9-5-6-10-20/h13-16,18H,1,3-11H2,2H3/t13-,14-,15+,16-,18+/m1/s1. The molecule has 0 bridgehead atoms. The van der Waals surface area contributed by atoms with Gasteiger partial charge in [0.05, 0.1) is 0 Å². The Morgan fingerprint density at radius 1 is 0.926 bits per heavy atom. The maximum Gasteiger partial charge on any atom is 0.333 e. The molecule has 0 amide bonds. The van der Waals surface area contributed by atoms with Crippen LogP contribution in [0.5, 0.6) is 0 Å². The zero-order valence-electron chi connectivity index (χ0n) is 15.8. The molecule has 7 heteroatoms. The van der Waals surface area contributed by atoms with Crippen LogP contribution in [0.3, 0.4) is 0 Å². The van der Waals surface area contributed by atoms with Crippen molar-refractivity contribution < 1.29 is 33.2 Å². The van der Waals surface area contributed by atoms with Crippen molar-refractivity contribution in [3.8, 4) is 0 Å². The number of esters is 1. The summed E-state index contributed by atoms with van der Waals surface area (Å²) in [6.07, 6.45) is 6.00. The molecule has 5 fully saturated rings. The highest BCUT2D eigenvalue weighted by molar-refractivity contribution is 5.86. The number of hydrogen-bond acceptors (Lipinski definition) is 7. The summed E-state index contributed by atoms with van der Waals surface area (Å²) in [5.74, 6) is -1.54. The Kier molecular flexibility index (Phi) is 4.37. The average molecular weight is 380 g/mol. The molecule has 0 aromatic heterocycles. The summed E-state index contributed by atoms with van der Waals surface area (Å²) in [5, 5.41) is 0. The van der Waals surface area contributed by atoms with E-state index in [4.69, 9.17) is 28.4 Å². The minimum atomic E-state index is -0.558. The van der Waals surface area contributed by atoms with Crippen LogP contribution in [0.25, 0.3) is 0 Å². The van der Waals surface area contributed by atoms with Crippen LogP contribution in [0, 0.1) is 0 Å². The van der Waals surface area contributed by atoms with Gasteiger partial charge in [0.1, 0.15) is 31.0 Å². The van der Waals surface area contributed by atoms with Crippen molar-refractivity contribution in [3.05, 3.63) is 12.2 Å². The van der Waals surface area contributed by atoms with Gasteiger partial charge in [0.25, 0.3) is 0 Å². The van der Waals surface area contributed by atoms with Gasteiger partial charge in [-0.3, -0.25) is 0 Å². The second-order valence-corrected chi connectivity index (χ2v) is 8.52. The summed E-state index contributed by atoms with van der Waals surface area (Å²) in [7, 11) is 0. The predicted molar refractivity (Wildman–Crippen MR) is 92.5 cm³/mol. The molecule has 3 heterocycles.